The van der Waals surface area contributed by atoms with Gasteiger partial charge in [0.2, 0.25) is 0 Å². The van der Waals surface area contributed by atoms with E-state index in [0.29, 0.717) is 12.1 Å². The van der Waals surface area contributed by atoms with Crippen LogP contribution in [0.25, 0.3) is 0 Å². The summed E-state index contributed by atoms with van der Waals surface area (Å²) in [5.41, 5.74) is 0.850. The Morgan fingerprint density at radius 3 is 2.45 bits per heavy atom. The highest BCUT2D eigenvalue weighted by atomic mass is 19.2. The summed E-state index contributed by atoms with van der Waals surface area (Å²) in [5, 5.41) is 2.50. The predicted octanol–water partition coefficient (Wildman–Crippen LogP) is 3.92. The van der Waals surface area contributed by atoms with Crippen LogP contribution in [-0.4, -0.2) is 5.91 Å². The maximum absolute atomic E-state index is 13.5. The van der Waals surface area contributed by atoms with E-state index in [1.807, 2.05) is 19.1 Å². The summed E-state index contributed by atoms with van der Waals surface area (Å²) < 4.78 is 39.4. The van der Waals surface area contributed by atoms with Gasteiger partial charge in [0.15, 0.2) is 17.5 Å². The van der Waals surface area contributed by atoms with Crippen molar-refractivity contribution in [2.75, 3.05) is 5.32 Å². The van der Waals surface area contributed by atoms with Crippen molar-refractivity contribution < 1.29 is 18.0 Å². The molecule has 2 nitrogen and oxygen atoms in total. The fraction of sp³-hybridized carbons (Fsp3) is 0.133. The van der Waals surface area contributed by atoms with Gasteiger partial charge in [0.25, 0.3) is 5.91 Å². The first-order chi connectivity index (χ1) is 9.54. The van der Waals surface area contributed by atoms with Gasteiger partial charge >= 0.3 is 0 Å². The number of para-hydroxylation sites is 1. The van der Waals surface area contributed by atoms with Gasteiger partial charge in [0.05, 0.1) is 5.56 Å². The smallest absolute Gasteiger partial charge is 0.258 e. The SMILES string of the molecule is CCc1ccccc1NC(=O)c1ccc(F)c(F)c1F. The fourth-order valence-electron chi connectivity index (χ4n) is 1.84. The van der Waals surface area contributed by atoms with Gasteiger partial charge in [0, 0.05) is 5.69 Å². The maximum Gasteiger partial charge on any atom is 0.258 e. The largest absolute Gasteiger partial charge is 0.322 e. The van der Waals surface area contributed by atoms with Crippen molar-refractivity contribution in [2.45, 2.75) is 13.3 Å². The van der Waals surface area contributed by atoms with Gasteiger partial charge in [-0.1, -0.05) is 25.1 Å². The van der Waals surface area contributed by atoms with Gasteiger partial charge in [-0.3, -0.25) is 4.79 Å². The Kier molecular flexibility index (Phi) is 4.08. The second kappa shape index (κ2) is 5.77. The summed E-state index contributed by atoms with van der Waals surface area (Å²) in [4.78, 5) is 11.9. The Balaban J connectivity index is 2.31. The molecule has 0 heterocycles. The molecule has 0 aliphatic carbocycles. The molecule has 0 fully saturated rings. The number of benzene rings is 2. The molecule has 0 radical (unpaired) electrons. The Bertz CT molecular complexity index is 656. The zero-order valence-corrected chi connectivity index (χ0v) is 10.7. The lowest BCUT2D eigenvalue weighted by molar-refractivity contribution is 0.102. The molecule has 20 heavy (non-hydrogen) atoms. The van der Waals surface area contributed by atoms with E-state index in [4.69, 9.17) is 0 Å². The van der Waals surface area contributed by atoms with Crippen LogP contribution < -0.4 is 5.32 Å². The molecule has 0 saturated heterocycles. The number of amides is 1. The normalized spacial score (nSPS) is 10.4. The molecular formula is C15H12F3NO. The van der Waals surface area contributed by atoms with Crippen molar-refractivity contribution in [3.8, 4) is 0 Å². The maximum atomic E-state index is 13.5. The second-order valence-corrected chi connectivity index (χ2v) is 4.19. The Morgan fingerprint density at radius 1 is 1.05 bits per heavy atom. The number of hydrogen-bond acceptors (Lipinski definition) is 1. The summed E-state index contributed by atoms with van der Waals surface area (Å²) in [6, 6.07) is 8.64. The average Bonchev–Trinajstić information content (AvgIpc) is 2.45. The minimum Gasteiger partial charge on any atom is -0.322 e. The van der Waals surface area contributed by atoms with Crippen molar-refractivity contribution >= 4 is 11.6 Å². The third kappa shape index (κ3) is 2.66. The van der Waals surface area contributed by atoms with E-state index in [0.717, 1.165) is 17.7 Å². The van der Waals surface area contributed by atoms with Crippen molar-refractivity contribution in [3.05, 3.63) is 65.0 Å². The quantitative estimate of drug-likeness (QED) is 0.848. The minimum absolute atomic E-state index is 0.518. The number of halogens is 3. The van der Waals surface area contributed by atoms with Crippen LogP contribution in [0.3, 0.4) is 0 Å². The van der Waals surface area contributed by atoms with Gasteiger partial charge in [-0.2, -0.15) is 0 Å². The number of aryl methyl sites for hydroxylation is 1. The van der Waals surface area contributed by atoms with Crippen LogP contribution in [0, 0.1) is 17.5 Å². The number of carbonyl (C=O) groups excluding carboxylic acids is 1. The number of anilines is 1. The molecule has 0 bridgehead atoms. The van der Waals surface area contributed by atoms with E-state index in [-0.39, 0.29) is 0 Å². The van der Waals surface area contributed by atoms with Crippen molar-refractivity contribution in [1.29, 1.82) is 0 Å². The third-order valence-electron chi connectivity index (χ3n) is 2.93. The Labute approximate surface area is 114 Å². The molecule has 0 aliphatic heterocycles. The summed E-state index contributed by atoms with van der Waals surface area (Å²) in [6.07, 6.45) is 0.677. The van der Waals surface area contributed by atoms with Crippen molar-refractivity contribution in [3.63, 3.8) is 0 Å². The van der Waals surface area contributed by atoms with Crippen LogP contribution in [0.5, 0.6) is 0 Å². The first-order valence-corrected chi connectivity index (χ1v) is 6.07. The van der Waals surface area contributed by atoms with Crippen LogP contribution in [0.15, 0.2) is 36.4 Å². The van der Waals surface area contributed by atoms with Crippen molar-refractivity contribution in [1.82, 2.24) is 0 Å². The lowest BCUT2D eigenvalue weighted by atomic mass is 10.1. The standard InChI is InChI=1S/C15H12F3NO/c1-2-9-5-3-4-6-12(9)19-15(20)10-7-8-11(16)14(18)13(10)17/h3-8H,2H2,1H3,(H,19,20). The molecular weight excluding hydrogens is 267 g/mol. The predicted molar refractivity (Wildman–Crippen MR) is 70.1 cm³/mol. The molecule has 2 aromatic rings. The highest BCUT2D eigenvalue weighted by Crippen LogP contribution is 2.19. The molecule has 0 aliphatic rings. The van der Waals surface area contributed by atoms with E-state index in [1.165, 1.54) is 0 Å². The van der Waals surface area contributed by atoms with Gasteiger partial charge in [0.1, 0.15) is 0 Å². The van der Waals surface area contributed by atoms with Crippen LogP contribution in [-0.2, 0) is 6.42 Å². The second-order valence-electron chi connectivity index (χ2n) is 4.19. The molecule has 0 atom stereocenters. The number of rotatable bonds is 3. The van der Waals surface area contributed by atoms with Gasteiger partial charge < -0.3 is 5.32 Å². The molecule has 2 aromatic carbocycles. The summed E-state index contributed by atoms with van der Waals surface area (Å²) >= 11 is 0. The van der Waals surface area contributed by atoms with Crippen LogP contribution in [0.1, 0.15) is 22.8 Å². The first kappa shape index (κ1) is 14.1. The van der Waals surface area contributed by atoms with E-state index in [2.05, 4.69) is 5.32 Å². The number of nitrogens with one attached hydrogen (secondary N) is 1. The van der Waals surface area contributed by atoms with Crippen LogP contribution in [0.4, 0.5) is 18.9 Å². The van der Waals surface area contributed by atoms with E-state index in [1.54, 1.807) is 12.1 Å². The molecule has 5 heteroatoms. The zero-order valence-electron chi connectivity index (χ0n) is 10.7. The minimum atomic E-state index is -1.65. The summed E-state index contributed by atoms with van der Waals surface area (Å²) in [7, 11) is 0. The first-order valence-electron chi connectivity index (χ1n) is 6.07. The topological polar surface area (TPSA) is 29.1 Å². The molecule has 0 aromatic heterocycles. The molecule has 1 amide bonds. The highest BCUT2D eigenvalue weighted by molar-refractivity contribution is 6.04. The summed E-state index contributed by atoms with van der Waals surface area (Å²) in [5.74, 6) is -5.28. The van der Waals surface area contributed by atoms with Crippen LogP contribution >= 0.6 is 0 Å². The fourth-order valence-corrected chi connectivity index (χ4v) is 1.84. The number of hydrogen-bond donors (Lipinski definition) is 1. The van der Waals surface area contributed by atoms with Gasteiger partial charge in [-0.05, 0) is 30.2 Å². The third-order valence-corrected chi connectivity index (χ3v) is 2.93. The molecule has 0 spiro atoms. The number of carbonyl (C=O) groups is 1. The monoisotopic (exact) mass is 279 g/mol. The van der Waals surface area contributed by atoms with Crippen LogP contribution in [0.2, 0.25) is 0 Å². The Morgan fingerprint density at radius 2 is 1.75 bits per heavy atom. The Hall–Kier alpha value is -2.30. The molecule has 2 rings (SSSR count). The molecule has 0 saturated carbocycles. The van der Waals surface area contributed by atoms with Gasteiger partial charge in [-0.25, -0.2) is 13.2 Å². The molecule has 0 unspecified atom stereocenters. The average molecular weight is 279 g/mol. The zero-order chi connectivity index (χ0) is 14.7. The summed E-state index contributed by atoms with van der Waals surface area (Å²) in [6.45, 7) is 1.91. The lowest BCUT2D eigenvalue weighted by Crippen LogP contribution is -2.16. The van der Waals surface area contributed by atoms with Crippen molar-refractivity contribution in [2.24, 2.45) is 0 Å². The molecule has 104 valence electrons. The molecule has 1 N–H and O–H groups in total. The van der Waals surface area contributed by atoms with Gasteiger partial charge in [-0.15, -0.1) is 0 Å². The highest BCUT2D eigenvalue weighted by Gasteiger charge is 2.19. The van der Waals surface area contributed by atoms with E-state index < -0.39 is 28.9 Å². The lowest BCUT2D eigenvalue weighted by Gasteiger charge is -2.10. The van der Waals surface area contributed by atoms with E-state index in [9.17, 15) is 18.0 Å². The van der Waals surface area contributed by atoms with E-state index >= 15 is 0 Å².